The summed E-state index contributed by atoms with van der Waals surface area (Å²) >= 11 is 0. The number of nitrogens with one attached hydrogen (secondary N) is 2. The molecule has 10 rings (SSSR count). The number of furan rings is 2. The van der Waals surface area contributed by atoms with Crippen molar-refractivity contribution in [3.63, 3.8) is 0 Å². The second-order valence-corrected chi connectivity index (χ2v) is 23.4. The first-order valence-electron chi connectivity index (χ1n) is 22.4. The predicted molar refractivity (Wildman–Crippen MR) is 263 cm³/mol. The van der Waals surface area contributed by atoms with Gasteiger partial charge in [0.2, 0.25) is 39.3 Å². The van der Waals surface area contributed by atoms with Gasteiger partial charge >= 0.3 is 0 Å². The third-order valence-corrected chi connectivity index (χ3v) is 15.8. The van der Waals surface area contributed by atoms with Gasteiger partial charge in [-0.3, -0.25) is 0 Å². The largest absolute Gasteiger partial charge is 0.461 e. The molecule has 8 N–H and O–H groups in total. The molecule has 2 fully saturated rings. The highest BCUT2D eigenvalue weighted by Crippen LogP contribution is 2.24. The van der Waals surface area contributed by atoms with Gasteiger partial charge in [0, 0.05) is 24.5 Å². The van der Waals surface area contributed by atoms with Crippen LogP contribution in [0.25, 0.3) is 34.7 Å². The van der Waals surface area contributed by atoms with Crippen molar-refractivity contribution >= 4 is 64.6 Å². The molecule has 0 unspecified atom stereocenters. The summed E-state index contributed by atoms with van der Waals surface area (Å²) < 4.78 is 81.6. The molecule has 6 aromatic heterocycles. The maximum Gasteiger partial charge on any atom is 0.259 e. The van der Waals surface area contributed by atoms with Crippen LogP contribution in [0.1, 0.15) is 42.4 Å². The van der Waals surface area contributed by atoms with Crippen molar-refractivity contribution in [3.8, 4) is 23.2 Å². The molecule has 0 radical (unpaired) electrons. The number of aromatic nitrogens is 10. The molecule has 2 saturated heterocycles. The van der Waals surface area contributed by atoms with Crippen LogP contribution in [0.2, 0.25) is 0 Å². The molecule has 2 aliphatic rings. The van der Waals surface area contributed by atoms with E-state index in [0.717, 1.165) is 48.6 Å². The van der Waals surface area contributed by atoms with Crippen molar-refractivity contribution in [1.82, 2.24) is 49.1 Å². The van der Waals surface area contributed by atoms with Crippen LogP contribution in [-0.4, -0.2) is 123 Å². The number of anilines is 4. The van der Waals surface area contributed by atoms with Crippen molar-refractivity contribution in [1.29, 1.82) is 0 Å². The predicted octanol–water partition coefficient (Wildman–Crippen LogP) is 3.33. The number of sulfone groups is 3. The van der Waals surface area contributed by atoms with E-state index in [1.165, 1.54) is 27.5 Å². The van der Waals surface area contributed by atoms with Crippen molar-refractivity contribution in [2.45, 2.75) is 56.1 Å². The van der Waals surface area contributed by atoms with Crippen molar-refractivity contribution < 1.29 is 34.1 Å². The van der Waals surface area contributed by atoms with Crippen LogP contribution >= 0.6 is 0 Å². The van der Waals surface area contributed by atoms with Gasteiger partial charge in [-0.25, -0.2) is 25.3 Å². The highest BCUT2D eigenvalue weighted by Gasteiger charge is 2.25. The number of benzene rings is 2. The Morgan fingerprint density at radius 2 is 1.17 bits per heavy atom. The summed E-state index contributed by atoms with van der Waals surface area (Å²) in [7, 11) is -9.15. The number of rotatable bonds is 13. The topological polar surface area (TPSA) is 343 Å². The third-order valence-electron chi connectivity index (χ3n) is 11.5. The Kier molecular flexibility index (Phi) is 15.0. The van der Waals surface area contributed by atoms with Crippen LogP contribution in [-0.2, 0) is 48.8 Å². The maximum atomic E-state index is 11.6. The van der Waals surface area contributed by atoms with Crippen LogP contribution in [0.15, 0.2) is 99.3 Å². The standard InChI is InChI=1S/C22H25N7O3S.C13H20N2O2S.C9H8N6O3S/c23-20-26-21(27-22-25-19(28-29(20)22)18-2-1-11-32-18)24-10-7-15-3-5-16(6-4-15)14-17-8-12-33(30,31)13-9-17;14-8-5-11-1-3-12(4-2-11)15-13-6-9-18(16,17)10-7-13;1-19(16,17)9-12-7(10)15-8(13-9)11-6(14-15)5-3-2-4-18-5/h1-6,11,17H,7-10,12-14H2,(H3,23,24,25,26,27,28);1-4,13,15H,5-10,14H2;2-4H,1H3,(H2,10,11,12,13,14). The SMILES string of the molecule is CS(=O)(=O)c1nc(N)n2nc(-c3ccco3)nc2n1.NCCc1ccc(NC2CCS(=O)(=O)CC2)cc1.Nc1nc(NCCc2ccc(CC3CCS(=O)(=O)CC3)cc2)nc2nc(-c3ccco3)nn12. The van der Waals surface area contributed by atoms with Gasteiger partial charge in [0.05, 0.1) is 35.5 Å². The fourth-order valence-corrected chi connectivity index (χ4v) is 11.3. The van der Waals surface area contributed by atoms with E-state index in [-0.39, 0.29) is 29.5 Å². The Bertz CT molecular complexity index is 3340. The Morgan fingerprint density at radius 3 is 1.71 bits per heavy atom. The zero-order valence-electron chi connectivity index (χ0n) is 38.1. The number of hydrogen-bond donors (Lipinski definition) is 5. The molecule has 0 saturated carbocycles. The summed E-state index contributed by atoms with van der Waals surface area (Å²) in [6.07, 6.45) is 9.55. The zero-order valence-corrected chi connectivity index (χ0v) is 40.6. The van der Waals surface area contributed by atoms with Crippen molar-refractivity contribution in [3.05, 3.63) is 102 Å². The summed E-state index contributed by atoms with van der Waals surface area (Å²) in [6.45, 7) is 1.29. The lowest BCUT2D eigenvalue weighted by Gasteiger charge is -2.24. The average Bonchev–Trinajstić information content (AvgIpc) is 4.18. The second kappa shape index (κ2) is 21.3. The van der Waals surface area contributed by atoms with Gasteiger partial charge in [-0.1, -0.05) is 36.4 Å². The average molecular weight is 1020 g/mol. The fraction of sp³-hybridized carbons (Fsp3) is 0.364. The normalized spacial score (nSPS) is 16.0. The number of nitrogens with two attached hydrogens (primary N) is 3. The molecule has 26 heteroatoms. The van der Waals surface area contributed by atoms with Gasteiger partial charge in [-0.15, -0.1) is 10.2 Å². The van der Waals surface area contributed by atoms with Crippen molar-refractivity contribution in [2.75, 3.05) is 64.5 Å². The van der Waals surface area contributed by atoms with E-state index in [2.05, 4.69) is 87.1 Å². The van der Waals surface area contributed by atoms with E-state index in [0.29, 0.717) is 83.9 Å². The minimum Gasteiger partial charge on any atom is -0.461 e. The van der Waals surface area contributed by atoms with Gasteiger partial charge in [-0.05, 0) is 110 Å². The molecule has 0 atom stereocenters. The van der Waals surface area contributed by atoms with E-state index in [1.54, 1.807) is 30.5 Å². The van der Waals surface area contributed by atoms with Gasteiger partial charge in [-0.2, -0.15) is 38.9 Å². The first-order valence-corrected chi connectivity index (χ1v) is 27.9. The molecule has 0 aliphatic carbocycles. The molecule has 70 heavy (non-hydrogen) atoms. The summed E-state index contributed by atoms with van der Waals surface area (Å²) in [6, 6.07) is 23.8. The quantitative estimate of drug-likeness (QED) is 0.111. The summed E-state index contributed by atoms with van der Waals surface area (Å²) in [5.74, 6) is 4.14. The Balaban J connectivity index is 0.000000152. The van der Waals surface area contributed by atoms with Gasteiger partial charge in [0.1, 0.15) is 19.7 Å². The molecule has 23 nitrogen and oxygen atoms in total. The number of fused-ring (bicyclic) bond motifs is 2. The van der Waals surface area contributed by atoms with E-state index >= 15 is 0 Å². The lowest BCUT2D eigenvalue weighted by molar-refractivity contribution is 0.463. The van der Waals surface area contributed by atoms with Crippen LogP contribution in [0.5, 0.6) is 0 Å². The van der Waals surface area contributed by atoms with E-state index in [9.17, 15) is 25.3 Å². The molecule has 2 aromatic carbocycles. The van der Waals surface area contributed by atoms with Crippen LogP contribution in [0.3, 0.4) is 0 Å². The summed E-state index contributed by atoms with van der Waals surface area (Å²) in [5.41, 5.74) is 21.9. The number of nitrogens with zero attached hydrogens (tertiary/aromatic N) is 10. The maximum absolute atomic E-state index is 11.6. The van der Waals surface area contributed by atoms with Crippen LogP contribution < -0.4 is 27.8 Å². The van der Waals surface area contributed by atoms with Crippen LogP contribution in [0.4, 0.5) is 23.5 Å². The highest BCUT2D eigenvalue weighted by atomic mass is 32.2. The molecular weight excluding hydrogens is 963 g/mol. The van der Waals surface area contributed by atoms with E-state index in [4.69, 9.17) is 26.0 Å². The summed E-state index contributed by atoms with van der Waals surface area (Å²) in [4.78, 5) is 24.5. The molecule has 2 aliphatic heterocycles. The number of nitrogen functional groups attached to an aromatic ring is 2. The lowest BCUT2D eigenvalue weighted by Crippen LogP contribution is -2.32. The van der Waals surface area contributed by atoms with E-state index in [1.807, 2.05) is 12.1 Å². The van der Waals surface area contributed by atoms with Crippen molar-refractivity contribution in [2.24, 2.45) is 11.7 Å². The summed E-state index contributed by atoms with van der Waals surface area (Å²) in [5, 5.41) is 14.5. The van der Waals surface area contributed by atoms with Gasteiger partial charge in [0.15, 0.2) is 11.5 Å². The fourth-order valence-electron chi connectivity index (χ4n) is 7.70. The molecule has 0 bridgehead atoms. The Morgan fingerprint density at radius 1 is 0.657 bits per heavy atom. The smallest absolute Gasteiger partial charge is 0.259 e. The molecule has 0 amide bonds. The Labute approximate surface area is 403 Å². The van der Waals surface area contributed by atoms with Crippen LogP contribution in [0, 0.1) is 5.92 Å². The van der Waals surface area contributed by atoms with E-state index < -0.39 is 34.7 Å². The van der Waals surface area contributed by atoms with Gasteiger partial charge < -0.3 is 36.7 Å². The molecule has 8 heterocycles. The molecular formula is C44H53N15O8S3. The highest BCUT2D eigenvalue weighted by molar-refractivity contribution is 7.91. The second-order valence-electron chi connectivity index (χ2n) is 16.9. The van der Waals surface area contributed by atoms with Gasteiger partial charge in [0.25, 0.3) is 16.7 Å². The molecule has 0 spiro atoms. The number of hydrogen-bond acceptors (Lipinski definition) is 21. The monoisotopic (exact) mass is 1020 g/mol. The minimum atomic E-state index is -3.57. The lowest BCUT2D eigenvalue weighted by atomic mass is 9.93. The Hall–Kier alpha value is -7.03. The zero-order chi connectivity index (χ0) is 49.5. The molecule has 370 valence electrons. The third kappa shape index (κ3) is 13.0. The minimum absolute atomic E-state index is 0.0410. The molecule has 8 aromatic rings. The first kappa shape index (κ1) is 49.4. The first-order chi connectivity index (χ1) is 33.5.